The summed E-state index contributed by atoms with van der Waals surface area (Å²) in [4.78, 5) is 11.2. The highest BCUT2D eigenvalue weighted by atomic mass is 16.7. The van der Waals surface area contributed by atoms with E-state index in [1.54, 1.807) is 6.92 Å². The summed E-state index contributed by atoms with van der Waals surface area (Å²) in [6.07, 6.45) is 0.830. The Morgan fingerprint density at radius 2 is 2.15 bits per heavy atom. The van der Waals surface area contributed by atoms with Crippen LogP contribution in [0.1, 0.15) is 26.7 Å². The molecule has 0 amide bonds. The Balaban J connectivity index is 2.27. The Hall–Kier alpha value is -0.610. The van der Waals surface area contributed by atoms with Crippen LogP contribution in [0.4, 0.5) is 0 Å². The molecular formula is C9H16O4. The van der Waals surface area contributed by atoms with Gasteiger partial charge in [-0.15, -0.1) is 0 Å². The van der Waals surface area contributed by atoms with Crippen LogP contribution in [-0.4, -0.2) is 31.6 Å². The van der Waals surface area contributed by atoms with Crippen molar-refractivity contribution >= 4 is 5.97 Å². The largest absolute Gasteiger partial charge is 0.464 e. The molecule has 0 aromatic rings. The highest BCUT2D eigenvalue weighted by Gasteiger charge is 2.31. The molecule has 0 saturated carbocycles. The van der Waals surface area contributed by atoms with Crippen molar-refractivity contribution < 1.29 is 19.0 Å². The Kier molecular flexibility index (Phi) is 4.18. The van der Waals surface area contributed by atoms with E-state index in [2.05, 4.69) is 0 Å². The van der Waals surface area contributed by atoms with Crippen LogP contribution in [0.5, 0.6) is 0 Å². The standard InChI is InChI=1S/C9H16O4/c1-3-11-8-6-5-7(13-8)9(10)12-4-2/h7-8H,3-6H2,1-2H3/t7?,8-/m0/s1. The predicted octanol–water partition coefficient (Wildman–Crippen LogP) is 1.09. The first-order valence-electron chi connectivity index (χ1n) is 4.71. The molecule has 0 bridgehead atoms. The maximum Gasteiger partial charge on any atom is 0.335 e. The third-order valence-corrected chi connectivity index (χ3v) is 1.88. The maximum atomic E-state index is 11.2. The first-order chi connectivity index (χ1) is 6.27. The number of carbonyl (C=O) groups excluding carboxylic acids is 1. The van der Waals surface area contributed by atoms with Gasteiger partial charge in [0.2, 0.25) is 0 Å². The molecule has 2 atom stereocenters. The van der Waals surface area contributed by atoms with E-state index in [9.17, 15) is 4.79 Å². The molecule has 76 valence electrons. The van der Waals surface area contributed by atoms with Crippen molar-refractivity contribution in [1.29, 1.82) is 0 Å². The summed E-state index contributed by atoms with van der Waals surface area (Å²) in [6.45, 7) is 4.70. The van der Waals surface area contributed by atoms with Crippen LogP contribution in [0.15, 0.2) is 0 Å². The van der Waals surface area contributed by atoms with Crippen molar-refractivity contribution in [3.63, 3.8) is 0 Å². The van der Waals surface area contributed by atoms with E-state index in [-0.39, 0.29) is 12.3 Å². The average Bonchev–Trinajstić information content (AvgIpc) is 2.54. The van der Waals surface area contributed by atoms with Gasteiger partial charge >= 0.3 is 5.97 Å². The minimum absolute atomic E-state index is 0.223. The summed E-state index contributed by atoms with van der Waals surface area (Å²) in [5, 5.41) is 0. The first kappa shape index (κ1) is 10.5. The van der Waals surface area contributed by atoms with E-state index >= 15 is 0 Å². The fraction of sp³-hybridized carbons (Fsp3) is 0.889. The second-order valence-corrected chi connectivity index (χ2v) is 2.84. The van der Waals surface area contributed by atoms with Gasteiger partial charge in [0.25, 0.3) is 0 Å². The predicted molar refractivity (Wildman–Crippen MR) is 46.2 cm³/mol. The monoisotopic (exact) mass is 188 g/mol. The molecule has 0 spiro atoms. The lowest BCUT2D eigenvalue weighted by Gasteiger charge is -2.12. The number of hydrogen-bond donors (Lipinski definition) is 0. The van der Waals surface area contributed by atoms with Crippen LogP contribution < -0.4 is 0 Å². The van der Waals surface area contributed by atoms with E-state index in [4.69, 9.17) is 14.2 Å². The Bertz CT molecular complexity index is 169. The van der Waals surface area contributed by atoms with Gasteiger partial charge in [-0.05, 0) is 20.3 Å². The molecule has 1 fully saturated rings. The van der Waals surface area contributed by atoms with Gasteiger partial charge in [0, 0.05) is 13.0 Å². The van der Waals surface area contributed by atoms with Gasteiger partial charge in [-0.3, -0.25) is 0 Å². The van der Waals surface area contributed by atoms with Crippen LogP contribution in [0.25, 0.3) is 0 Å². The van der Waals surface area contributed by atoms with E-state index in [1.165, 1.54) is 0 Å². The molecule has 13 heavy (non-hydrogen) atoms. The second-order valence-electron chi connectivity index (χ2n) is 2.84. The van der Waals surface area contributed by atoms with Crippen molar-refractivity contribution in [1.82, 2.24) is 0 Å². The van der Waals surface area contributed by atoms with Crippen LogP contribution in [0.2, 0.25) is 0 Å². The van der Waals surface area contributed by atoms with Gasteiger partial charge in [-0.25, -0.2) is 4.79 Å². The van der Waals surface area contributed by atoms with E-state index in [0.717, 1.165) is 6.42 Å². The molecule has 0 aliphatic carbocycles. The summed E-state index contributed by atoms with van der Waals surface area (Å²) >= 11 is 0. The number of ether oxygens (including phenoxy) is 3. The molecule has 0 N–H and O–H groups in total. The quantitative estimate of drug-likeness (QED) is 0.619. The SMILES string of the molecule is CCOC(=O)C1CC[C@@H](OCC)O1. The van der Waals surface area contributed by atoms with Gasteiger partial charge in [-0.2, -0.15) is 0 Å². The molecule has 0 radical (unpaired) electrons. The smallest absolute Gasteiger partial charge is 0.335 e. The van der Waals surface area contributed by atoms with Crippen molar-refractivity contribution in [2.24, 2.45) is 0 Å². The average molecular weight is 188 g/mol. The third kappa shape index (κ3) is 2.97. The van der Waals surface area contributed by atoms with E-state index in [1.807, 2.05) is 6.92 Å². The van der Waals surface area contributed by atoms with Crippen molar-refractivity contribution in [2.75, 3.05) is 13.2 Å². The highest BCUT2D eigenvalue weighted by molar-refractivity contribution is 5.74. The number of carbonyl (C=O) groups is 1. The topological polar surface area (TPSA) is 44.8 Å². The zero-order valence-electron chi connectivity index (χ0n) is 8.12. The second kappa shape index (κ2) is 5.19. The van der Waals surface area contributed by atoms with Crippen molar-refractivity contribution in [2.45, 2.75) is 39.1 Å². The van der Waals surface area contributed by atoms with E-state index in [0.29, 0.717) is 19.6 Å². The summed E-state index contributed by atoms with van der Waals surface area (Å²) in [5.74, 6) is -0.273. The molecule has 0 aromatic carbocycles. The van der Waals surface area contributed by atoms with Gasteiger partial charge < -0.3 is 14.2 Å². The van der Waals surface area contributed by atoms with Gasteiger partial charge in [0.15, 0.2) is 12.4 Å². The molecular weight excluding hydrogens is 172 g/mol. The van der Waals surface area contributed by atoms with Gasteiger partial charge in [0.05, 0.1) is 6.61 Å². The first-order valence-corrected chi connectivity index (χ1v) is 4.71. The van der Waals surface area contributed by atoms with Gasteiger partial charge in [-0.1, -0.05) is 0 Å². The minimum atomic E-state index is -0.420. The van der Waals surface area contributed by atoms with Crippen molar-refractivity contribution in [3.8, 4) is 0 Å². The van der Waals surface area contributed by atoms with Crippen LogP contribution >= 0.6 is 0 Å². The number of esters is 1. The maximum absolute atomic E-state index is 11.2. The number of hydrogen-bond acceptors (Lipinski definition) is 4. The molecule has 4 heteroatoms. The molecule has 1 aliphatic heterocycles. The molecule has 1 unspecified atom stereocenters. The molecule has 0 aromatic heterocycles. The summed E-state index contributed by atoms with van der Waals surface area (Å²) in [5.41, 5.74) is 0. The van der Waals surface area contributed by atoms with Crippen LogP contribution in [-0.2, 0) is 19.0 Å². The molecule has 1 aliphatic rings. The zero-order valence-corrected chi connectivity index (χ0v) is 8.12. The van der Waals surface area contributed by atoms with Crippen molar-refractivity contribution in [3.05, 3.63) is 0 Å². The Morgan fingerprint density at radius 3 is 2.77 bits per heavy atom. The van der Waals surface area contributed by atoms with Crippen LogP contribution in [0, 0.1) is 0 Å². The fourth-order valence-corrected chi connectivity index (χ4v) is 1.32. The van der Waals surface area contributed by atoms with Gasteiger partial charge in [0.1, 0.15) is 0 Å². The molecule has 1 saturated heterocycles. The molecule has 1 heterocycles. The highest BCUT2D eigenvalue weighted by Crippen LogP contribution is 2.21. The van der Waals surface area contributed by atoms with Crippen LogP contribution in [0.3, 0.4) is 0 Å². The Morgan fingerprint density at radius 1 is 1.38 bits per heavy atom. The molecule has 1 rings (SSSR count). The summed E-state index contributed by atoms with van der Waals surface area (Å²) < 4.78 is 15.4. The number of rotatable bonds is 4. The fourth-order valence-electron chi connectivity index (χ4n) is 1.32. The molecule has 4 nitrogen and oxygen atoms in total. The lowest BCUT2D eigenvalue weighted by Crippen LogP contribution is -2.24. The summed E-state index contributed by atoms with van der Waals surface area (Å²) in [6, 6.07) is 0. The van der Waals surface area contributed by atoms with E-state index < -0.39 is 6.10 Å². The summed E-state index contributed by atoms with van der Waals surface area (Å²) in [7, 11) is 0. The zero-order chi connectivity index (χ0) is 9.68. The minimum Gasteiger partial charge on any atom is -0.464 e. The Labute approximate surface area is 78.2 Å². The third-order valence-electron chi connectivity index (χ3n) is 1.88. The lowest BCUT2D eigenvalue weighted by atomic mass is 10.2. The lowest BCUT2D eigenvalue weighted by molar-refractivity contribution is -0.172. The normalized spacial score (nSPS) is 27.5.